The Bertz CT molecular complexity index is 455. The topological polar surface area (TPSA) is 46.3 Å². The summed E-state index contributed by atoms with van der Waals surface area (Å²) < 4.78 is 0. The average molecular weight is 306 g/mol. The summed E-state index contributed by atoms with van der Waals surface area (Å²) in [5, 5.41) is 0. The first kappa shape index (κ1) is 16.4. The van der Waals surface area contributed by atoms with Crippen LogP contribution in [0.4, 0.5) is 0 Å². The summed E-state index contributed by atoms with van der Waals surface area (Å²) >= 11 is 1.91. The predicted octanol–water partition coefficient (Wildman–Crippen LogP) is 2.55. The van der Waals surface area contributed by atoms with Crippen molar-refractivity contribution in [1.82, 2.24) is 4.90 Å². The highest BCUT2D eigenvalue weighted by Crippen LogP contribution is 2.26. The minimum absolute atomic E-state index is 0.116. The van der Waals surface area contributed by atoms with Gasteiger partial charge in [0.25, 0.3) is 0 Å². The van der Waals surface area contributed by atoms with Crippen LogP contribution in [0.2, 0.25) is 0 Å². The third-order valence-electron chi connectivity index (χ3n) is 4.42. The smallest absolute Gasteiger partial charge is 0.242 e. The van der Waals surface area contributed by atoms with Crippen molar-refractivity contribution >= 4 is 17.7 Å². The number of benzene rings is 1. The number of carbonyl (C=O) groups excluding carboxylic acids is 1. The monoisotopic (exact) mass is 306 g/mol. The summed E-state index contributed by atoms with van der Waals surface area (Å²) in [6.07, 6.45) is 1.77. The second kappa shape index (κ2) is 7.32. The van der Waals surface area contributed by atoms with Gasteiger partial charge in [-0.1, -0.05) is 43.7 Å². The van der Waals surface area contributed by atoms with Crippen molar-refractivity contribution in [3.63, 3.8) is 0 Å². The highest BCUT2D eigenvalue weighted by Gasteiger charge is 2.39. The van der Waals surface area contributed by atoms with E-state index in [0.717, 1.165) is 37.4 Å². The van der Waals surface area contributed by atoms with Gasteiger partial charge >= 0.3 is 0 Å². The Kier molecular flexibility index (Phi) is 5.71. The Labute approximate surface area is 132 Å². The van der Waals surface area contributed by atoms with Crippen molar-refractivity contribution in [2.75, 3.05) is 24.6 Å². The van der Waals surface area contributed by atoms with E-state index < -0.39 is 5.54 Å². The molecule has 1 aliphatic rings. The van der Waals surface area contributed by atoms with Crippen molar-refractivity contribution in [3.05, 3.63) is 35.9 Å². The summed E-state index contributed by atoms with van der Waals surface area (Å²) in [6, 6.07) is 10.3. The number of hydrogen-bond acceptors (Lipinski definition) is 3. The molecule has 0 radical (unpaired) electrons. The quantitative estimate of drug-likeness (QED) is 0.909. The molecule has 21 heavy (non-hydrogen) atoms. The van der Waals surface area contributed by atoms with Crippen LogP contribution < -0.4 is 5.73 Å². The van der Waals surface area contributed by atoms with Gasteiger partial charge in [-0.05, 0) is 24.8 Å². The molecule has 4 heteroatoms. The maximum absolute atomic E-state index is 12.8. The third kappa shape index (κ3) is 4.01. The van der Waals surface area contributed by atoms with Crippen LogP contribution in [0.1, 0.15) is 25.8 Å². The Morgan fingerprint density at radius 1 is 1.33 bits per heavy atom. The lowest BCUT2D eigenvalue weighted by atomic mass is 9.79. The highest BCUT2D eigenvalue weighted by atomic mass is 32.2. The summed E-state index contributed by atoms with van der Waals surface area (Å²) in [5.41, 5.74) is 6.96. The van der Waals surface area contributed by atoms with Gasteiger partial charge in [0.05, 0.1) is 5.54 Å². The van der Waals surface area contributed by atoms with E-state index in [-0.39, 0.29) is 11.8 Å². The van der Waals surface area contributed by atoms with Gasteiger partial charge in [0, 0.05) is 24.6 Å². The molecule has 2 atom stereocenters. The van der Waals surface area contributed by atoms with Crippen LogP contribution in [0.25, 0.3) is 0 Å². The van der Waals surface area contributed by atoms with Crippen molar-refractivity contribution in [3.8, 4) is 0 Å². The van der Waals surface area contributed by atoms with E-state index in [1.54, 1.807) is 0 Å². The number of rotatable bonds is 5. The first-order valence-electron chi connectivity index (χ1n) is 7.75. The Morgan fingerprint density at radius 3 is 2.52 bits per heavy atom. The molecule has 3 nitrogen and oxygen atoms in total. The second-order valence-corrected chi connectivity index (χ2v) is 7.21. The Hall–Kier alpha value is -1.00. The Morgan fingerprint density at radius 2 is 1.95 bits per heavy atom. The minimum Gasteiger partial charge on any atom is -0.339 e. The van der Waals surface area contributed by atoms with Gasteiger partial charge in [-0.2, -0.15) is 11.8 Å². The maximum Gasteiger partial charge on any atom is 0.242 e. The fraction of sp³-hybridized carbons (Fsp3) is 0.588. The zero-order chi connectivity index (χ0) is 15.3. The molecule has 0 spiro atoms. The molecular formula is C17H26N2OS. The zero-order valence-corrected chi connectivity index (χ0v) is 13.9. The molecule has 1 heterocycles. The third-order valence-corrected chi connectivity index (χ3v) is 5.37. The molecule has 1 unspecified atom stereocenters. The summed E-state index contributed by atoms with van der Waals surface area (Å²) in [4.78, 5) is 14.8. The van der Waals surface area contributed by atoms with Crippen LogP contribution in [0.5, 0.6) is 0 Å². The molecule has 1 fully saturated rings. The van der Waals surface area contributed by atoms with Crippen molar-refractivity contribution in [1.29, 1.82) is 0 Å². The van der Waals surface area contributed by atoms with Crippen LogP contribution in [0, 0.1) is 5.92 Å². The maximum atomic E-state index is 12.8. The van der Waals surface area contributed by atoms with Gasteiger partial charge in [0.1, 0.15) is 0 Å². The van der Waals surface area contributed by atoms with Gasteiger partial charge in [0.15, 0.2) is 0 Å². The molecule has 1 aromatic carbocycles. The molecule has 2 N–H and O–H groups in total. The van der Waals surface area contributed by atoms with E-state index >= 15 is 0 Å². The second-order valence-electron chi connectivity index (χ2n) is 5.98. The van der Waals surface area contributed by atoms with Gasteiger partial charge in [-0.3, -0.25) is 4.79 Å². The zero-order valence-electron chi connectivity index (χ0n) is 13.0. The number of nitrogens with zero attached hydrogens (tertiary/aromatic N) is 1. The lowest BCUT2D eigenvalue weighted by Gasteiger charge is -2.38. The molecule has 1 aliphatic heterocycles. The van der Waals surface area contributed by atoms with E-state index in [9.17, 15) is 4.79 Å². The minimum atomic E-state index is -0.785. The number of carbonyl (C=O) groups is 1. The molecule has 0 bridgehead atoms. The van der Waals surface area contributed by atoms with Crippen LogP contribution in [-0.2, 0) is 11.2 Å². The number of thioether (sulfide) groups is 1. The summed E-state index contributed by atoms with van der Waals surface area (Å²) in [6.45, 7) is 5.70. The molecule has 1 saturated heterocycles. The van der Waals surface area contributed by atoms with Crippen molar-refractivity contribution in [2.45, 2.75) is 32.2 Å². The van der Waals surface area contributed by atoms with Gasteiger partial charge in [0.2, 0.25) is 5.91 Å². The molecule has 0 saturated carbocycles. The molecule has 1 amide bonds. The van der Waals surface area contributed by atoms with Gasteiger partial charge in [-0.15, -0.1) is 0 Å². The number of nitrogens with two attached hydrogens (primary N) is 1. The highest BCUT2D eigenvalue weighted by molar-refractivity contribution is 7.99. The summed E-state index contributed by atoms with van der Waals surface area (Å²) in [5.74, 6) is 2.33. The normalized spacial score (nSPS) is 19.9. The molecule has 116 valence electrons. The standard InChI is InChI=1S/C17H26N2OS/c1-3-15(13-14-7-5-4-6-8-14)17(2,18)16(20)19-9-11-21-12-10-19/h4-8,15H,3,9-13,18H2,1-2H3/t15-,17?/m1/s1. The van der Waals surface area contributed by atoms with Crippen LogP contribution in [-0.4, -0.2) is 40.9 Å². The van der Waals surface area contributed by atoms with Crippen LogP contribution in [0.15, 0.2) is 30.3 Å². The van der Waals surface area contributed by atoms with E-state index in [1.807, 2.05) is 41.8 Å². The molecule has 2 rings (SSSR count). The van der Waals surface area contributed by atoms with E-state index in [4.69, 9.17) is 5.73 Å². The predicted molar refractivity (Wildman–Crippen MR) is 90.4 cm³/mol. The van der Waals surface area contributed by atoms with Crippen molar-refractivity contribution in [2.24, 2.45) is 11.7 Å². The largest absolute Gasteiger partial charge is 0.339 e. The first-order valence-corrected chi connectivity index (χ1v) is 8.91. The number of amides is 1. The fourth-order valence-corrected chi connectivity index (χ4v) is 3.86. The molecular weight excluding hydrogens is 280 g/mol. The molecule has 0 aliphatic carbocycles. The molecule has 1 aromatic rings. The fourth-order valence-electron chi connectivity index (χ4n) is 2.96. The average Bonchev–Trinajstić information content (AvgIpc) is 2.53. The Balaban J connectivity index is 2.08. The SMILES string of the molecule is CC[C@H](Cc1ccccc1)C(C)(N)C(=O)N1CCSCC1. The van der Waals surface area contributed by atoms with E-state index in [2.05, 4.69) is 19.1 Å². The first-order chi connectivity index (χ1) is 10.1. The number of hydrogen-bond donors (Lipinski definition) is 1. The lowest BCUT2D eigenvalue weighted by Crippen LogP contribution is -2.59. The van der Waals surface area contributed by atoms with Crippen LogP contribution in [0.3, 0.4) is 0 Å². The van der Waals surface area contributed by atoms with E-state index in [1.165, 1.54) is 5.56 Å². The van der Waals surface area contributed by atoms with Crippen LogP contribution >= 0.6 is 11.8 Å². The lowest BCUT2D eigenvalue weighted by molar-refractivity contribution is -0.138. The van der Waals surface area contributed by atoms with Crippen molar-refractivity contribution < 1.29 is 4.79 Å². The van der Waals surface area contributed by atoms with Gasteiger partial charge < -0.3 is 10.6 Å². The molecule has 0 aromatic heterocycles. The van der Waals surface area contributed by atoms with E-state index in [0.29, 0.717) is 0 Å². The van der Waals surface area contributed by atoms with Gasteiger partial charge in [-0.25, -0.2) is 0 Å². The summed E-state index contributed by atoms with van der Waals surface area (Å²) in [7, 11) is 0.